The van der Waals surface area contributed by atoms with Crippen LogP contribution in [-0.2, 0) is 22.1 Å². The Bertz CT molecular complexity index is 1140. The first-order valence-electron chi connectivity index (χ1n) is 8.56. The van der Waals surface area contributed by atoms with E-state index in [0.29, 0.717) is 12.1 Å². The molecule has 2 aromatic carbocycles. The van der Waals surface area contributed by atoms with Gasteiger partial charge in [-0.2, -0.15) is 5.26 Å². The highest BCUT2D eigenvalue weighted by molar-refractivity contribution is 7.89. The van der Waals surface area contributed by atoms with Crippen molar-refractivity contribution in [3.63, 3.8) is 0 Å². The van der Waals surface area contributed by atoms with Crippen LogP contribution in [-0.4, -0.2) is 19.7 Å². The first-order valence-corrected chi connectivity index (χ1v) is 10.6. The van der Waals surface area contributed by atoms with Gasteiger partial charge in [-0.05, 0) is 36.6 Å². The number of anilines is 1. The number of hydrogen-bond acceptors (Lipinski definition) is 5. The minimum Gasteiger partial charge on any atom is -0.379 e. The highest BCUT2D eigenvalue weighted by Crippen LogP contribution is 2.29. The first-order chi connectivity index (χ1) is 12.8. The van der Waals surface area contributed by atoms with Crippen LogP contribution in [0.1, 0.15) is 27.8 Å². The van der Waals surface area contributed by atoms with E-state index in [1.807, 2.05) is 44.2 Å². The largest absolute Gasteiger partial charge is 0.379 e. The van der Waals surface area contributed by atoms with Crippen molar-refractivity contribution in [3.05, 3.63) is 70.4 Å². The van der Waals surface area contributed by atoms with Gasteiger partial charge in [0.05, 0.1) is 22.5 Å². The van der Waals surface area contributed by atoms with Gasteiger partial charge in [-0.15, -0.1) is 0 Å². The third-order valence-corrected chi connectivity index (χ3v) is 5.21. The maximum Gasteiger partial charge on any atom is 0.151 e. The summed E-state index contributed by atoms with van der Waals surface area (Å²) in [5.74, 6) is 0.0346. The van der Waals surface area contributed by atoms with E-state index in [-0.39, 0.29) is 5.75 Å². The number of nitriles is 1. The maximum atomic E-state index is 11.4. The predicted octanol–water partition coefficient (Wildman–Crippen LogP) is 3.88. The molecule has 0 atom stereocenters. The molecule has 0 radical (unpaired) electrons. The fourth-order valence-electron chi connectivity index (χ4n) is 3.18. The van der Waals surface area contributed by atoms with Crippen molar-refractivity contribution in [1.29, 1.82) is 5.26 Å². The molecule has 138 valence electrons. The number of nitrogens with zero attached hydrogens (tertiary/aromatic N) is 2. The summed E-state index contributed by atoms with van der Waals surface area (Å²) in [5, 5.41) is 13.8. The third-order valence-electron chi connectivity index (χ3n) is 4.35. The van der Waals surface area contributed by atoms with Gasteiger partial charge in [0, 0.05) is 24.4 Å². The minimum atomic E-state index is -3.05. The maximum absolute atomic E-state index is 11.4. The summed E-state index contributed by atoms with van der Waals surface area (Å²) < 4.78 is 22.8. The van der Waals surface area contributed by atoms with Crippen LogP contribution in [0, 0.1) is 25.2 Å². The van der Waals surface area contributed by atoms with Gasteiger partial charge in [0.1, 0.15) is 6.07 Å². The van der Waals surface area contributed by atoms with Crippen molar-refractivity contribution in [2.24, 2.45) is 0 Å². The lowest BCUT2D eigenvalue weighted by Crippen LogP contribution is -2.04. The average Bonchev–Trinajstić information content (AvgIpc) is 2.59. The van der Waals surface area contributed by atoms with E-state index in [4.69, 9.17) is 0 Å². The average molecular weight is 379 g/mol. The van der Waals surface area contributed by atoms with Crippen LogP contribution >= 0.6 is 0 Å². The lowest BCUT2D eigenvalue weighted by atomic mass is 10.0. The second-order valence-corrected chi connectivity index (χ2v) is 9.02. The van der Waals surface area contributed by atoms with Gasteiger partial charge in [0.15, 0.2) is 9.84 Å². The predicted molar refractivity (Wildman–Crippen MR) is 108 cm³/mol. The van der Waals surface area contributed by atoms with E-state index < -0.39 is 9.84 Å². The van der Waals surface area contributed by atoms with Gasteiger partial charge < -0.3 is 5.32 Å². The molecule has 0 fully saturated rings. The van der Waals surface area contributed by atoms with E-state index >= 15 is 0 Å². The van der Waals surface area contributed by atoms with Crippen molar-refractivity contribution in [2.75, 3.05) is 11.6 Å². The summed E-state index contributed by atoms with van der Waals surface area (Å²) in [6.07, 6.45) is 2.83. The van der Waals surface area contributed by atoms with Crippen molar-refractivity contribution >= 4 is 26.4 Å². The molecule has 1 aromatic heterocycles. The van der Waals surface area contributed by atoms with Crippen LogP contribution in [0.15, 0.2) is 42.6 Å². The number of sulfone groups is 1. The van der Waals surface area contributed by atoms with E-state index in [1.165, 1.54) is 6.26 Å². The van der Waals surface area contributed by atoms with Gasteiger partial charge in [-0.1, -0.05) is 35.9 Å². The van der Waals surface area contributed by atoms with Crippen molar-refractivity contribution in [2.45, 2.75) is 26.1 Å². The Balaban J connectivity index is 1.90. The Labute approximate surface area is 159 Å². The molecule has 0 saturated heterocycles. The second kappa shape index (κ2) is 7.37. The summed E-state index contributed by atoms with van der Waals surface area (Å²) in [5.41, 5.74) is 6.11. The van der Waals surface area contributed by atoms with E-state index in [1.54, 1.807) is 6.20 Å². The highest BCUT2D eigenvalue weighted by atomic mass is 32.2. The molecule has 0 aliphatic carbocycles. The number of pyridine rings is 1. The zero-order valence-electron chi connectivity index (χ0n) is 15.6. The molecule has 0 amide bonds. The number of fused-ring (bicyclic) bond motifs is 1. The van der Waals surface area contributed by atoms with Crippen LogP contribution in [0.2, 0.25) is 0 Å². The number of benzene rings is 2. The normalized spacial score (nSPS) is 11.3. The SMILES string of the molecule is Cc1cc(C)c2ncc(C#N)c(NCc3ccc(CS(C)(=O)=O)cc3)c2c1. The summed E-state index contributed by atoms with van der Waals surface area (Å²) in [7, 11) is -3.05. The number of rotatable bonds is 5. The molecule has 0 aliphatic heterocycles. The summed E-state index contributed by atoms with van der Waals surface area (Å²) in [6, 6.07) is 13.8. The topological polar surface area (TPSA) is 82.8 Å². The molecule has 3 rings (SSSR count). The molecule has 3 aromatic rings. The standard InChI is InChI=1S/C21H21N3O2S/c1-14-8-15(2)20-19(9-14)21(18(10-22)12-24-20)23-11-16-4-6-17(7-5-16)13-27(3,25)26/h4-9,12H,11,13H2,1-3H3,(H,23,24). The molecule has 0 aliphatic rings. The fraction of sp³-hybridized carbons (Fsp3) is 0.238. The number of aromatic nitrogens is 1. The molecule has 5 nitrogen and oxygen atoms in total. The smallest absolute Gasteiger partial charge is 0.151 e. The molecule has 1 N–H and O–H groups in total. The van der Waals surface area contributed by atoms with Crippen molar-refractivity contribution in [1.82, 2.24) is 4.98 Å². The highest BCUT2D eigenvalue weighted by Gasteiger charge is 2.11. The van der Waals surface area contributed by atoms with E-state index in [0.717, 1.165) is 38.8 Å². The first kappa shape index (κ1) is 18.9. The molecule has 0 unspecified atom stereocenters. The molecule has 0 spiro atoms. The van der Waals surface area contributed by atoms with Crippen LogP contribution in [0.3, 0.4) is 0 Å². The molecule has 0 saturated carbocycles. The Hall–Kier alpha value is -2.91. The monoisotopic (exact) mass is 379 g/mol. The van der Waals surface area contributed by atoms with Gasteiger partial charge in [-0.25, -0.2) is 8.42 Å². The number of nitrogens with one attached hydrogen (secondary N) is 1. The van der Waals surface area contributed by atoms with E-state index in [9.17, 15) is 13.7 Å². The number of aryl methyl sites for hydroxylation is 2. The minimum absolute atomic E-state index is 0.0346. The molecule has 1 heterocycles. The Morgan fingerprint density at radius 1 is 1.11 bits per heavy atom. The van der Waals surface area contributed by atoms with Crippen molar-refractivity contribution < 1.29 is 8.42 Å². The van der Waals surface area contributed by atoms with E-state index in [2.05, 4.69) is 22.4 Å². The van der Waals surface area contributed by atoms with Gasteiger partial charge in [-0.3, -0.25) is 4.98 Å². The number of hydrogen-bond donors (Lipinski definition) is 1. The lowest BCUT2D eigenvalue weighted by Gasteiger charge is -2.13. The summed E-state index contributed by atoms with van der Waals surface area (Å²) in [4.78, 5) is 4.43. The Kier molecular flexibility index (Phi) is 5.15. The molecular weight excluding hydrogens is 358 g/mol. The zero-order valence-corrected chi connectivity index (χ0v) is 16.4. The van der Waals surface area contributed by atoms with Gasteiger partial charge in [0.2, 0.25) is 0 Å². The van der Waals surface area contributed by atoms with Crippen molar-refractivity contribution in [3.8, 4) is 6.07 Å². The van der Waals surface area contributed by atoms with Crippen LogP contribution in [0.5, 0.6) is 0 Å². The van der Waals surface area contributed by atoms with Crippen LogP contribution in [0.4, 0.5) is 5.69 Å². The van der Waals surface area contributed by atoms with Crippen LogP contribution in [0.25, 0.3) is 10.9 Å². The molecular formula is C21H21N3O2S. The third kappa shape index (κ3) is 4.44. The zero-order chi connectivity index (χ0) is 19.6. The molecule has 27 heavy (non-hydrogen) atoms. The fourth-order valence-corrected chi connectivity index (χ4v) is 3.98. The molecule has 0 bridgehead atoms. The Morgan fingerprint density at radius 3 is 2.41 bits per heavy atom. The van der Waals surface area contributed by atoms with Crippen LogP contribution < -0.4 is 5.32 Å². The lowest BCUT2D eigenvalue weighted by molar-refractivity contribution is 0.601. The second-order valence-electron chi connectivity index (χ2n) is 6.88. The summed E-state index contributed by atoms with van der Waals surface area (Å²) >= 11 is 0. The molecule has 6 heteroatoms. The summed E-state index contributed by atoms with van der Waals surface area (Å²) in [6.45, 7) is 4.56. The van der Waals surface area contributed by atoms with Gasteiger partial charge >= 0.3 is 0 Å². The Morgan fingerprint density at radius 2 is 1.78 bits per heavy atom. The van der Waals surface area contributed by atoms with Gasteiger partial charge in [0.25, 0.3) is 0 Å². The quantitative estimate of drug-likeness (QED) is 0.727.